The van der Waals surface area contributed by atoms with E-state index in [1.807, 2.05) is 25.1 Å². The van der Waals surface area contributed by atoms with Crippen LogP contribution in [0.1, 0.15) is 12.5 Å². The Balaban J connectivity index is 2.02. The van der Waals surface area contributed by atoms with Gasteiger partial charge in [0.1, 0.15) is 11.6 Å². The van der Waals surface area contributed by atoms with E-state index in [2.05, 4.69) is 42.2 Å². The molecule has 0 spiro atoms. The number of amides is 1. The van der Waals surface area contributed by atoms with E-state index < -0.39 is 6.10 Å². The summed E-state index contributed by atoms with van der Waals surface area (Å²) in [6.45, 7) is 3.63. The summed E-state index contributed by atoms with van der Waals surface area (Å²) in [7, 11) is 0. The average molecular weight is 414 g/mol. The fourth-order valence-corrected chi connectivity index (χ4v) is 2.79. The number of hydrogen-bond donors (Lipinski definition) is 1. The second kappa shape index (κ2) is 7.04. The number of carbonyl (C=O) groups excluding carboxylic acids is 1. The molecule has 1 heterocycles. The van der Waals surface area contributed by atoms with Crippen LogP contribution in [0.5, 0.6) is 5.75 Å². The van der Waals surface area contributed by atoms with Gasteiger partial charge in [-0.05, 0) is 65.7 Å². The van der Waals surface area contributed by atoms with Gasteiger partial charge in [-0.3, -0.25) is 4.79 Å². The zero-order valence-electron chi connectivity index (χ0n) is 11.6. The summed E-state index contributed by atoms with van der Waals surface area (Å²) >= 11 is 6.77. The minimum absolute atomic E-state index is 0.247. The molecule has 6 heteroatoms. The largest absolute Gasteiger partial charge is 0.480 e. The molecular weight excluding hydrogens is 400 g/mol. The summed E-state index contributed by atoms with van der Waals surface area (Å²) < 4.78 is 7.37. The van der Waals surface area contributed by atoms with Crippen LogP contribution >= 0.6 is 31.9 Å². The summed E-state index contributed by atoms with van der Waals surface area (Å²) in [5.41, 5.74) is 1.03. The number of benzene rings is 1. The molecule has 1 atom stereocenters. The maximum atomic E-state index is 12.1. The molecule has 0 aliphatic rings. The van der Waals surface area contributed by atoms with E-state index >= 15 is 0 Å². The number of aromatic nitrogens is 1. The number of ether oxygens (including phenoxy) is 1. The highest BCUT2D eigenvalue weighted by molar-refractivity contribution is 9.11. The van der Waals surface area contributed by atoms with Gasteiger partial charge in [0.15, 0.2) is 6.10 Å². The molecule has 0 bridgehead atoms. The number of carbonyl (C=O) groups is 1. The lowest BCUT2D eigenvalue weighted by Gasteiger charge is -2.15. The van der Waals surface area contributed by atoms with Crippen LogP contribution in [-0.2, 0) is 4.79 Å². The predicted octanol–water partition coefficient (Wildman–Crippen LogP) is 4.32. The molecule has 0 fully saturated rings. The molecule has 0 aliphatic heterocycles. The minimum Gasteiger partial charge on any atom is -0.480 e. The molecule has 1 aromatic heterocycles. The third-order valence-electron chi connectivity index (χ3n) is 2.73. The van der Waals surface area contributed by atoms with Crippen LogP contribution < -0.4 is 10.1 Å². The third kappa shape index (κ3) is 4.54. The highest BCUT2D eigenvalue weighted by Gasteiger charge is 2.16. The second-order valence-corrected chi connectivity index (χ2v) is 6.31. The lowest BCUT2D eigenvalue weighted by atomic mass is 10.3. The van der Waals surface area contributed by atoms with Crippen molar-refractivity contribution < 1.29 is 9.53 Å². The monoisotopic (exact) mass is 412 g/mol. The van der Waals surface area contributed by atoms with Gasteiger partial charge in [0.05, 0.1) is 4.47 Å². The first kappa shape index (κ1) is 16.0. The van der Waals surface area contributed by atoms with Crippen LogP contribution in [0, 0.1) is 6.92 Å². The van der Waals surface area contributed by atoms with Crippen LogP contribution in [-0.4, -0.2) is 17.0 Å². The number of aryl methyl sites for hydroxylation is 1. The van der Waals surface area contributed by atoms with Crippen LogP contribution in [0.4, 0.5) is 5.82 Å². The number of anilines is 1. The lowest BCUT2D eigenvalue weighted by molar-refractivity contribution is -0.122. The van der Waals surface area contributed by atoms with E-state index in [1.165, 1.54) is 0 Å². The van der Waals surface area contributed by atoms with Crippen LogP contribution in [0.2, 0.25) is 0 Å². The Hall–Kier alpha value is -1.40. The average Bonchev–Trinajstić information content (AvgIpc) is 2.41. The first-order valence-electron chi connectivity index (χ1n) is 6.31. The SMILES string of the molecule is Cc1ccnc(NC(=O)[C@H](C)Oc2ccc(Br)cc2Br)c1. The Morgan fingerprint density at radius 1 is 1.29 bits per heavy atom. The summed E-state index contributed by atoms with van der Waals surface area (Å²) in [6, 6.07) is 9.19. The molecular formula is C15H14Br2N2O2. The standard InChI is InChI=1S/C15H14Br2N2O2/c1-9-5-6-18-14(7-9)19-15(20)10(2)21-13-4-3-11(16)8-12(13)17/h3-8,10H,1-2H3,(H,18,19,20)/t10-/m0/s1. The van der Waals surface area contributed by atoms with Crippen LogP contribution in [0.3, 0.4) is 0 Å². The first-order chi connectivity index (χ1) is 9.95. The van der Waals surface area contributed by atoms with Crippen molar-refractivity contribution in [3.8, 4) is 5.75 Å². The summed E-state index contributed by atoms with van der Waals surface area (Å²) in [5.74, 6) is 0.881. The van der Waals surface area contributed by atoms with Crippen molar-refractivity contribution in [2.24, 2.45) is 0 Å². The molecule has 0 saturated carbocycles. The summed E-state index contributed by atoms with van der Waals surface area (Å²) in [4.78, 5) is 16.2. The zero-order chi connectivity index (χ0) is 15.4. The third-order valence-corrected chi connectivity index (χ3v) is 3.85. The van der Waals surface area contributed by atoms with Gasteiger partial charge in [-0.2, -0.15) is 0 Å². The quantitative estimate of drug-likeness (QED) is 0.811. The Bertz CT molecular complexity index is 662. The zero-order valence-corrected chi connectivity index (χ0v) is 14.7. The van der Waals surface area contributed by atoms with Crippen molar-refractivity contribution in [2.75, 3.05) is 5.32 Å². The highest BCUT2D eigenvalue weighted by atomic mass is 79.9. The number of pyridine rings is 1. The number of hydrogen-bond acceptors (Lipinski definition) is 3. The molecule has 2 aromatic rings. The Morgan fingerprint density at radius 2 is 2.05 bits per heavy atom. The topological polar surface area (TPSA) is 51.2 Å². The highest BCUT2D eigenvalue weighted by Crippen LogP contribution is 2.29. The van der Waals surface area contributed by atoms with Crippen molar-refractivity contribution in [1.29, 1.82) is 0 Å². The van der Waals surface area contributed by atoms with Gasteiger partial charge in [-0.1, -0.05) is 15.9 Å². The van der Waals surface area contributed by atoms with Crippen molar-refractivity contribution >= 4 is 43.6 Å². The molecule has 21 heavy (non-hydrogen) atoms. The summed E-state index contributed by atoms with van der Waals surface area (Å²) in [6.07, 6.45) is 1.02. The van der Waals surface area contributed by atoms with Gasteiger partial charge in [0, 0.05) is 10.7 Å². The van der Waals surface area contributed by atoms with E-state index in [0.29, 0.717) is 11.6 Å². The fourth-order valence-electron chi connectivity index (χ4n) is 1.65. The molecule has 4 nitrogen and oxygen atoms in total. The number of nitrogens with one attached hydrogen (secondary N) is 1. The van der Waals surface area contributed by atoms with E-state index in [4.69, 9.17) is 4.74 Å². The van der Waals surface area contributed by atoms with Gasteiger partial charge in [-0.25, -0.2) is 4.98 Å². The second-order valence-electron chi connectivity index (χ2n) is 4.54. The number of rotatable bonds is 4. The predicted molar refractivity (Wildman–Crippen MR) is 89.5 cm³/mol. The van der Waals surface area contributed by atoms with E-state index in [-0.39, 0.29) is 5.91 Å². The molecule has 1 N–H and O–H groups in total. The molecule has 0 aliphatic carbocycles. The maximum absolute atomic E-state index is 12.1. The van der Waals surface area contributed by atoms with Gasteiger partial charge in [-0.15, -0.1) is 0 Å². The van der Waals surface area contributed by atoms with Gasteiger partial charge in [0.2, 0.25) is 0 Å². The molecule has 0 radical (unpaired) electrons. The van der Waals surface area contributed by atoms with Crippen molar-refractivity contribution in [3.05, 3.63) is 51.0 Å². The van der Waals surface area contributed by atoms with Crippen LogP contribution in [0.15, 0.2) is 45.5 Å². The van der Waals surface area contributed by atoms with Crippen molar-refractivity contribution in [2.45, 2.75) is 20.0 Å². The van der Waals surface area contributed by atoms with E-state index in [1.54, 1.807) is 25.3 Å². The van der Waals surface area contributed by atoms with E-state index in [0.717, 1.165) is 14.5 Å². The normalized spacial score (nSPS) is 11.8. The van der Waals surface area contributed by atoms with Gasteiger partial charge >= 0.3 is 0 Å². The van der Waals surface area contributed by atoms with E-state index in [9.17, 15) is 4.79 Å². The maximum Gasteiger partial charge on any atom is 0.266 e. The Kier molecular flexibility index (Phi) is 5.36. The van der Waals surface area contributed by atoms with Gasteiger partial charge < -0.3 is 10.1 Å². The molecule has 2 rings (SSSR count). The molecule has 0 unspecified atom stereocenters. The first-order valence-corrected chi connectivity index (χ1v) is 7.89. The number of nitrogens with zero attached hydrogens (tertiary/aromatic N) is 1. The van der Waals surface area contributed by atoms with Crippen molar-refractivity contribution in [3.63, 3.8) is 0 Å². The fraction of sp³-hybridized carbons (Fsp3) is 0.200. The minimum atomic E-state index is -0.634. The van der Waals surface area contributed by atoms with Crippen molar-refractivity contribution in [1.82, 2.24) is 4.98 Å². The van der Waals surface area contributed by atoms with Gasteiger partial charge in [0.25, 0.3) is 5.91 Å². The molecule has 1 amide bonds. The lowest BCUT2D eigenvalue weighted by Crippen LogP contribution is -2.30. The smallest absolute Gasteiger partial charge is 0.266 e. The molecule has 110 valence electrons. The Labute approximate surface area is 140 Å². The molecule has 0 saturated heterocycles. The summed E-state index contributed by atoms with van der Waals surface area (Å²) in [5, 5.41) is 2.73. The number of halogens is 2. The molecule has 1 aromatic carbocycles. The van der Waals surface area contributed by atoms with Crippen LogP contribution in [0.25, 0.3) is 0 Å². The Morgan fingerprint density at radius 3 is 2.71 bits per heavy atom.